The number of nitrogen functional groups attached to an aromatic ring is 1. The van der Waals surface area contributed by atoms with E-state index in [4.69, 9.17) is 5.73 Å². The fourth-order valence-electron chi connectivity index (χ4n) is 2.13. The summed E-state index contributed by atoms with van der Waals surface area (Å²) < 4.78 is 27.3. The molecule has 1 aromatic carbocycles. The maximum Gasteiger partial charge on any atom is 0.244 e. The quantitative estimate of drug-likeness (QED) is 0.820. The molecule has 1 saturated heterocycles. The van der Waals surface area contributed by atoms with Crippen molar-refractivity contribution in [2.24, 2.45) is 0 Å². The molecule has 0 spiro atoms. The van der Waals surface area contributed by atoms with Gasteiger partial charge >= 0.3 is 0 Å². The van der Waals surface area contributed by atoms with Crippen LogP contribution >= 0.6 is 15.9 Å². The maximum atomic E-state index is 12.6. The van der Waals surface area contributed by atoms with Crippen LogP contribution in [0.5, 0.6) is 0 Å². The number of anilines is 1. The van der Waals surface area contributed by atoms with Crippen molar-refractivity contribution in [3.63, 3.8) is 0 Å². The van der Waals surface area contributed by atoms with Crippen LogP contribution in [0, 0.1) is 0 Å². The first-order valence-electron chi connectivity index (χ1n) is 6.15. The summed E-state index contributed by atoms with van der Waals surface area (Å²) in [5.41, 5.74) is 6.19. The molecule has 1 fully saturated rings. The molecule has 0 aromatic heterocycles. The van der Waals surface area contributed by atoms with E-state index < -0.39 is 10.0 Å². The van der Waals surface area contributed by atoms with Crippen LogP contribution in [0.15, 0.2) is 27.6 Å². The van der Waals surface area contributed by atoms with Crippen LogP contribution in [-0.4, -0.2) is 50.8 Å². The first-order valence-corrected chi connectivity index (χ1v) is 8.38. The second-order valence-electron chi connectivity index (χ2n) is 4.75. The van der Waals surface area contributed by atoms with Gasteiger partial charge in [-0.15, -0.1) is 0 Å². The molecule has 1 heterocycles. The molecule has 1 aliphatic heterocycles. The SMILES string of the molecule is CN1CCCN(S(=O)(=O)c2ccc(N)cc2Br)CC1. The molecule has 0 bridgehead atoms. The van der Waals surface area contributed by atoms with E-state index in [-0.39, 0.29) is 4.90 Å². The predicted octanol–water partition coefficient (Wildman–Crippen LogP) is 1.36. The largest absolute Gasteiger partial charge is 0.399 e. The van der Waals surface area contributed by atoms with E-state index in [0.717, 1.165) is 19.5 Å². The second-order valence-corrected chi connectivity index (χ2v) is 7.51. The number of likely N-dealkylation sites (N-methyl/N-ethyl adjacent to an activating group) is 1. The Kier molecular flexibility index (Phi) is 4.50. The highest BCUT2D eigenvalue weighted by Gasteiger charge is 2.27. The number of nitrogens with zero attached hydrogens (tertiary/aromatic N) is 2. The molecule has 0 saturated carbocycles. The zero-order valence-corrected chi connectivity index (χ0v) is 13.2. The number of hydrogen-bond acceptors (Lipinski definition) is 4. The molecule has 5 nitrogen and oxygen atoms in total. The first-order chi connectivity index (χ1) is 8.91. The van der Waals surface area contributed by atoms with Crippen molar-refractivity contribution in [2.75, 3.05) is 39.0 Å². The van der Waals surface area contributed by atoms with E-state index in [1.807, 2.05) is 7.05 Å². The normalized spacial score (nSPS) is 19.3. The molecule has 0 unspecified atom stereocenters. The van der Waals surface area contributed by atoms with Crippen molar-refractivity contribution in [3.8, 4) is 0 Å². The van der Waals surface area contributed by atoms with Gasteiger partial charge in [0.15, 0.2) is 0 Å². The molecule has 19 heavy (non-hydrogen) atoms. The molecule has 7 heteroatoms. The Morgan fingerprint density at radius 1 is 1.21 bits per heavy atom. The lowest BCUT2D eigenvalue weighted by atomic mass is 10.3. The smallest absolute Gasteiger partial charge is 0.244 e. The lowest BCUT2D eigenvalue weighted by molar-refractivity contribution is 0.347. The van der Waals surface area contributed by atoms with Gasteiger partial charge in [-0.3, -0.25) is 0 Å². The summed E-state index contributed by atoms with van der Waals surface area (Å²) in [6, 6.07) is 4.79. The number of hydrogen-bond donors (Lipinski definition) is 1. The number of nitrogens with two attached hydrogens (primary N) is 1. The number of benzene rings is 1. The lowest BCUT2D eigenvalue weighted by Gasteiger charge is -2.21. The van der Waals surface area contributed by atoms with Crippen molar-refractivity contribution in [1.29, 1.82) is 0 Å². The fourth-order valence-corrected chi connectivity index (χ4v) is 4.65. The maximum absolute atomic E-state index is 12.6. The number of sulfonamides is 1. The van der Waals surface area contributed by atoms with Gasteiger partial charge in [0.05, 0.1) is 4.90 Å². The summed E-state index contributed by atoms with van der Waals surface area (Å²) in [5.74, 6) is 0. The third-order valence-electron chi connectivity index (χ3n) is 3.25. The van der Waals surface area contributed by atoms with Crippen molar-refractivity contribution in [1.82, 2.24) is 9.21 Å². The van der Waals surface area contributed by atoms with Gasteiger partial charge in [-0.25, -0.2) is 8.42 Å². The highest BCUT2D eigenvalue weighted by atomic mass is 79.9. The topological polar surface area (TPSA) is 66.6 Å². The van der Waals surface area contributed by atoms with Crippen LogP contribution in [0.4, 0.5) is 5.69 Å². The minimum atomic E-state index is -3.45. The van der Waals surface area contributed by atoms with Gasteiger partial charge in [-0.05, 0) is 54.1 Å². The van der Waals surface area contributed by atoms with Gasteiger partial charge in [0.25, 0.3) is 0 Å². The molecule has 0 radical (unpaired) electrons. The minimum absolute atomic E-state index is 0.284. The Hall–Kier alpha value is -0.630. The Balaban J connectivity index is 2.31. The average Bonchev–Trinajstić information content (AvgIpc) is 2.53. The summed E-state index contributed by atoms with van der Waals surface area (Å²) in [6.07, 6.45) is 0.850. The first kappa shape index (κ1) is 14.8. The predicted molar refractivity (Wildman–Crippen MR) is 79.4 cm³/mol. The van der Waals surface area contributed by atoms with E-state index >= 15 is 0 Å². The van der Waals surface area contributed by atoms with Crippen LogP contribution in [-0.2, 0) is 10.0 Å². The molecular weight excluding hydrogens is 330 g/mol. The summed E-state index contributed by atoms with van der Waals surface area (Å²) in [6.45, 7) is 2.76. The Labute approximate surface area is 122 Å². The van der Waals surface area contributed by atoms with Crippen molar-refractivity contribution < 1.29 is 8.42 Å². The summed E-state index contributed by atoms with van der Waals surface area (Å²) in [5, 5.41) is 0. The van der Waals surface area contributed by atoms with E-state index in [9.17, 15) is 8.42 Å². The highest BCUT2D eigenvalue weighted by Crippen LogP contribution is 2.27. The molecule has 0 amide bonds. The van der Waals surface area contributed by atoms with Crippen LogP contribution in [0.2, 0.25) is 0 Å². The van der Waals surface area contributed by atoms with Gasteiger partial charge in [0, 0.05) is 29.8 Å². The molecule has 1 aromatic rings. The zero-order valence-electron chi connectivity index (χ0n) is 10.8. The number of halogens is 1. The Morgan fingerprint density at radius 2 is 1.95 bits per heavy atom. The van der Waals surface area contributed by atoms with Gasteiger partial charge in [-0.1, -0.05) is 0 Å². The van der Waals surface area contributed by atoms with Crippen molar-refractivity contribution >= 4 is 31.6 Å². The molecule has 2 rings (SSSR count). The van der Waals surface area contributed by atoms with Crippen molar-refractivity contribution in [3.05, 3.63) is 22.7 Å². The molecular formula is C12H18BrN3O2S. The van der Waals surface area contributed by atoms with Crippen LogP contribution in [0.3, 0.4) is 0 Å². The average molecular weight is 348 g/mol. The second kappa shape index (κ2) is 5.78. The summed E-state index contributed by atoms with van der Waals surface area (Å²) in [7, 11) is -1.44. The van der Waals surface area contributed by atoms with Crippen LogP contribution in [0.25, 0.3) is 0 Å². The molecule has 0 atom stereocenters. The summed E-state index contributed by atoms with van der Waals surface area (Å²) >= 11 is 3.28. The van der Waals surface area contributed by atoms with E-state index in [0.29, 0.717) is 23.2 Å². The van der Waals surface area contributed by atoms with Gasteiger partial charge in [0.2, 0.25) is 10.0 Å². The van der Waals surface area contributed by atoms with E-state index in [1.165, 1.54) is 0 Å². The minimum Gasteiger partial charge on any atom is -0.399 e. The van der Waals surface area contributed by atoms with Crippen LogP contribution in [0.1, 0.15) is 6.42 Å². The number of rotatable bonds is 2. The Morgan fingerprint density at radius 3 is 2.63 bits per heavy atom. The third-order valence-corrected chi connectivity index (χ3v) is 6.13. The van der Waals surface area contributed by atoms with Gasteiger partial charge in [-0.2, -0.15) is 4.31 Å². The van der Waals surface area contributed by atoms with Gasteiger partial charge in [0.1, 0.15) is 0 Å². The standard InChI is InChI=1S/C12H18BrN3O2S/c1-15-5-2-6-16(8-7-15)19(17,18)12-4-3-10(14)9-11(12)13/h3-4,9H,2,5-8,14H2,1H3. The third kappa shape index (κ3) is 3.28. The Bertz CT molecular complexity index is 562. The van der Waals surface area contributed by atoms with Gasteiger partial charge < -0.3 is 10.6 Å². The summed E-state index contributed by atoms with van der Waals surface area (Å²) in [4.78, 5) is 2.43. The van der Waals surface area contributed by atoms with E-state index in [1.54, 1.807) is 22.5 Å². The molecule has 0 aliphatic carbocycles. The fraction of sp³-hybridized carbons (Fsp3) is 0.500. The van der Waals surface area contributed by atoms with Crippen LogP contribution < -0.4 is 5.73 Å². The highest BCUT2D eigenvalue weighted by molar-refractivity contribution is 9.10. The monoisotopic (exact) mass is 347 g/mol. The lowest BCUT2D eigenvalue weighted by Crippen LogP contribution is -2.34. The van der Waals surface area contributed by atoms with E-state index in [2.05, 4.69) is 20.8 Å². The molecule has 1 aliphatic rings. The zero-order chi connectivity index (χ0) is 14.0. The molecule has 106 valence electrons. The molecule has 2 N–H and O–H groups in total. The van der Waals surface area contributed by atoms with Crippen molar-refractivity contribution in [2.45, 2.75) is 11.3 Å².